The van der Waals surface area contributed by atoms with Gasteiger partial charge in [0.15, 0.2) is 34.2 Å². The number of aryl methyl sites for hydroxylation is 6. The fourth-order valence-electron chi connectivity index (χ4n) is 13.8. The van der Waals surface area contributed by atoms with Gasteiger partial charge in [0.25, 0.3) is 35.4 Å². The molecule has 6 heterocycles. The first-order valence-corrected chi connectivity index (χ1v) is 45.2. The van der Waals surface area contributed by atoms with E-state index >= 15 is 0 Å². The Bertz CT molecular complexity index is 3980. The molecule has 3 unspecified atom stereocenters. The van der Waals surface area contributed by atoms with Crippen LogP contribution >= 0.6 is 0 Å². The summed E-state index contributed by atoms with van der Waals surface area (Å²) < 4.78 is 30.7. The number of aromatic nitrogens is 6. The monoisotopic (exact) mass is 1730 g/mol. The Labute approximate surface area is 740 Å². The first-order valence-electron chi connectivity index (χ1n) is 45.2. The Kier molecular flexibility index (Phi) is 52.1. The quantitative estimate of drug-likeness (QED) is 0.0207. The minimum atomic E-state index is -0.167. The summed E-state index contributed by atoms with van der Waals surface area (Å²) in [6, 6.07) is 5.11. The molecule has 0 spiro atoms. The molecular formula is C93H168N18O12. The number of unbranched alkanes of at least 4 members (excludes halogenated alkanes) is 1. The molecule has 0 saturated carbocycles. The molecule has 6 aromatic heterocycles. The van der Waals surface area contributed by atoms with Crippen LogP contribution in [0.5, 0.6) is 0 Å². The molecule has 0 bridgehead atoms. The SMILES string of the molecule is CCCCN(C)CC(C)(C)CNC(=O)c1cc(CC)on1.CCCN(C)CC(C)(C)CNC(=O)c1cc(CC)on1.CCCN(C)CC(C)(C)CNC(=O)c1noc(CC)c1C.CCc1cc(C(=O)NCC(C)(CC)CN(C)CC)no1.CCc1onc(C(=O)NCC(C)(CC)CN(C)C)c1C.CCc1onc(C(=O)NCC(C)(CC)CN(C)CC)c1C. The highest BCUT2D eigenvalue weighted by Gasteiger charge is 2.32. The lowest BCUT2D eigenvalue weighted by Gasteiger charge is -2.32. The maximum absolute atomic E-state index is 12.3. The fourth-order valence-corrected chi connectivity index (χ4v) is 13.8. The van der Waals surface area contributed by atoms with Crippen LogP contribution in [-0.4, -0.2) is 256 Å². The predicted molar refractivity (Wildman–Crippen MR) is 493 cm³/mol. The van der Waals surface area contributed by atoms with E-state index in [1.165, 1.54) is 12.8 Å². The number of amides is 6. The topological polar surface area (TPSA) is 350 Å². The van der Waals surface area contributed by atoms with Gasteiger partial charge in [-0.25, -0.2) is 0 Å². The average molecular weight is 1730 g/mol. The second-order valence-corrected chi connectivity index (χ2v) is 36.9. The lowest BCUT2D eigenvalue weighted by atomic mass is 9.86. The minimum Gasteiger partial charge on any atom is -0.361 e. The minimum absolute atomic E-state index is 0.0187. The Hall–Kier alpha value is -8.16. The number of nitrogens with zero attached hydrogens (tertiary/aromatic N) is 12. The zero-order valence-corrected chi connectivity index (χ0v) is 82.7. The molecule has 30 nitrogen and oxygen atoms in total. The van der Waals surface area contributed by atoms with Crippen LogP contribution in [0.25, 0.3) is 0 Å². The molecule has 702 valence electrons. The summed E-state index contributed by atoms with van der Waals surface area (Å²) in [4.78, 5) is 86.3. The van der Waals surface area contributed by atoms with Crippen molar-refractivity contribution in [1.29, 1.82) is 0 Å². The number of hydrogen-bond acceptors (Lipinski definition) is 24. The van der Waals surface area contributed by atoms with Crippen molar-refractivity contribution in [3.8, 4) is 0 Å². The van der Waals surface area contributed by atoms with Gasteiger partial charge in [-0.2, -0.15) is 0 Å². The molecule has 0 saturated heterocycles. The van der Waals surface area contributed by atoms with Crippen LogP contribution in [0, 0.1) is 53.3 Å². The second kappa shape index (κ2) is 56.7. The van der Waals surface area contributed by atoms with Crippen LogP contribution in [0.3, 0.4) is 0 Å². The van der Waals surface area contributed by atoms with Crippen molar-refractivity contribution in [2.75, 3.05) is 161 Å². The van der Waals surface area contributed by atoms with Gasteiger partial charge in [-0.15, -0.1) is 0 Å². The number of nitrogens with one attached hydrogen (secondary N) is 6. The summed E-state index contributed by atoms with van der Waals surface area (Å²) in [7, 11) is 14.6. The highest BCUT2D eigenvalue weighted by atomic mass is 16.5. The summed E-state index contributed by atoms with van der Waals surface area (Å²) in [5.41, 5.74) is 5.10. The molecule has 0 aliphatic carbocycles. The van der Waals surface area contributed by atoms with Gasteiger partial charge in [0, 0.05) is 152 Å². The van der Waals surface area contributed by atoms with Crippen molar-refractivity contribution in [3.05, 3.63) is 104 Å². The largest absolute Gasteiger partial charge is 0.361 e. The number of carbonyl (C=O) groups excluding carboxylic acids is 6. The first kappa shape index (κ1) is 113. The standard InChI is InChI=1S/3C16H29N3O2.3C15H27N3O2/c1-7-9-19(6)11-16(4,5)10-17-15(20)14-12(3)13(8-2)21-18-14;1-7-13-12(4)14(18-21-13)15(20)17-10-16(5,8-2)11-19(6)9-3;1-6-8-9-19(5)12-16(3,4)11-17-15(20)14-10-13(7-2)21-18-14;1-7-12-11(3)13(17-20-12)14(19)16-9-15(4,8-2)10-18(5)6;1-6-8-18(5)11-15(3,4)10-16-14(19)13-9-12(7-2)20-17-13;1-6-12-9-13(17-20-12)14(19)16-10-15(4,7-2)11-18(5)8-3/h2*7-11H2,1-6H3,(H,17,20);10H,6-9,11-12H2,1-5H3,(H,17,20);7-10H2,1-6H3,(H,16,19);2*9H,6-8,10-11H2,1-5H3,(H,16,19). The molecule has 30 heteroatoms. The molecule has 0 aliphatic heterocycles. The fraction of sp³-hybridized carbons (Fsp3) is 0.742. The summed E-state index contributed by atoms with van der Waals surface area (Å²) in [5.74, 6) is 3.61. The van der Waals surface area contributed by atoms with Gasteiger partial charge >= 0.3 is 0 Å². The maximum Gasteiger partial charge on any atom is 0.273 e. The van der Waals surface area contributed by atoms with Crippen LogP contribution in [0.15, 0.2) is 45.3 Å². The van der Waals surface area contributed by atoms with E-state index in [0.29, 0.717) is 73.4 Å². The van der Waals surface area contributed by atoms with Gasteiger partial charge in [-0.1, -0.05) is 197 Å². The average Bonchev–Trinajstić information content (AvgIpc) is 1.72. The Morgan fingerprint density at radius 2 is 0.569 bits per heavy atom. The molecule has 0 fully saturated rings. The van der Waals surface area contributed by atoms with Crippen LogP contribution < -0.4 is 31.9 Å². The van der Waals surface area contributed by atoms with E-state index in [-0.39, 0.29) is 67.9 Å². The molecular weight excluding hydrogens is 1560 g/mol. The molecule has 0 aliphatic rings. The van der Waals surface area contributed by atoms with Crippen molar-refractivity contribution in [2.45, 2.75) is 263 Å². The third kappa shape index (κ3) is 42.6. The molecule has 0 aromatic carbocycles. The van der Waals surface area contributed by atoms with Crippen LogP contribution in [0.2, 0.25) is 0 Å². The van der Waals surface area contributed by atoms with Gasteiger partial charge < -0.3 is 88.4 Å². The molecule has 6 amide bonds. The third-order valence-corrected chi connectivity index (χ3v) is 22.1. The summed E-state index contributed by atoms with van der Waals surface area (Å²) in [5, 5.41) is 40.8. The Morgan fingerprint density at radius 1 is 0.309 bits per heavy atom. The normalized spacial score (nSPS) is 13.1. The lowest BCUT2D eigenvalue weighted by molar-refractivity contribution is 0.0901. The van der Waals surface area contributed by atoms with Crippen LogP contribution in [-0.2, 0) is 38.5 Å². The van der Waals surface area contributed by atoms with Crippen molar-refractivity contribution in [1.82, 2.24) is 92.2 Å². The predicted octanol–water partition coefficient (Wildman–Crippen LogP) is 14.9. The first-order chi connectivity index (χ1) is 57.7. The summed E-state index contributed by atoms with van der Waals surface area (Å²) in [6.45, 7) is 69.0. The van der Waals surface area contributed by atoms with Gasteiger partial charge in [0.2, 0.25) is 0 Å². The molecule has 123 heavy (non-hydrogen) atoms. The van der Waals surface area contributed by atoms with Crippen molar-refractivity contribution in [2.24, 2.45) is 32.5 Å². The lowest BCUT2D eigenvalue weighted by Crippen LogP contribution is -2.42. The van der Waals surface area contributed by atoms with Gasteiger partial charge in [0.1, 0.15) is 34.6 Å². The third-order valence-electron chi connectivity index (χ3n) is 22.1. The molecule has 6 rings (SSSR count). The van der Waals surface area contributed by atoms with Crippen LogP contribution in [0.4, 0.5) is 0 Å². The summed E-state index contributed by atoms with van der Waals surface area (Å²) in [6.07, 6.45) is 12.2. The Morgan fingerprint density at radius 3 is 0.797 bits per heavy atom. The molecule has 6 N–H and O–H groups in total. The van der Waals surface area contributed by atoms with E-state index in [1.807, 2.05) is 76.4 Å². The van der Waals surface area contributed by atoms with E-state index < -0.39 is 0 Å². The van der Waals surface area contributed by atoms with E-state index in [1.54, 1.807) is 18.2 Å². The number of rotatable bonds is 48. The molecule has 6 aromatic rings. The van der Waals surface area contributed by atoms with Crippen LogP contribution in [0.1, 0.15) is 318 Å². The molecule has 3 atom stereocenters. The Balaban J connectivity index is 0.000000738. The maximum atomic E-state index is 12.3. The number of hydrogen-bond donors (Lipinski definition) is 6. The van der Waals surface area contributed by atoms with Crippen molar-refractivity contribution in [3.63, 3.8) is 0 Å². The van der Waals surface area contributed by atoms with E-state index in [4.69, 9.17) is 27.1 Å². The number of carbonyl (C=O) groups is 6. The smallest absolute Gasteiger partial charge is 0.273 e. The van der Waals surface area contributed by atoms with Gasteiger partial charge in [-0.05, 0) is 174 Å². The van der Waals surface area contributed by atoms with Crippen molar-refractivity contribution >= 4 is 35.4 Å². The zero-order valence-electron chi connectivity index (χ0n) is 82.7. The summed E-state index contributed by atoms with van der Waals surface area (Å²) >= 11 is 0. The van der Waals surface area contributed by atoms with E-state index in [0.717, 1.165) is 194 Å². The second-order valence-electron chi connectivity index (χ2n) is 36.9. The highest BCUT2D eigenvalue weighted by molar-refractivity contribution is 5.95. The van der Waals surface area contributed by atoms with Gasteiger partial charge in [0.05, 0.1) is 0 Å². The van der Waals surface area contributed by atoms with E-state index in [2.05, 4.69) is 245 Å². The van der Waals surface area contributed by atoms with E-state index in [9.17, 15) is 28.8 Å². The van der Waals surface area contributed by atoms with Crippen molar-refractivity contribution < 1.29 is 55.9 Å². The van der Waals surface area contributed by atoms with Gasteiger partial charge in [-0.3, -0.25) is 28.8 Å². The molecule has 0 radical (unpaired) electrons. The zero-order chi connectivity index (χ0) is 93.7. The highest BCUT2D eigenvalue weighted by Crippen LogP contribution is 2.26.